The fourth-order valence-electron chi connectivity index (χ4n) is 4.98. The molecule has 3 aromatic heterocycles. The van der Waals surface area contributed by atoms with Crippen LogP contribution in [0.3, 0.4) is 0 Å². The number of hydrogen-bond donors (Lipinski definition) is 0. The Labute approximate surface area is 225 Å². The lowest BCUT2D eigenvalue weighted by Gasteiger charge is -2.08. The normalized spacial score (nSPS) is 11.6. The molecule has 7 aromatic rings. The largest absolute Gasteiger partial charge is 0.309 e. The van der Waals surface area contributed by atoms with Crippen LogP contribution in [0, 0.1) is 0 Å². The lowest BCUT2D eigenvalue weighted by atomic mass is 10.1. The number of para-hydroxylation sites is 2. The molecule has 0 atom stereocenters. The van der Waals surface area contributed by atoms with Crippen LogP contribution in [0.5, 0.6) is 0 Å². The second-order valence-corrected chi connectivity index (χ2v) is 10.1. The molecular weight excluding hydrogens is 482 g/mol. The van der Waals surface area contributed by atoms with Crippen molar-refractivity contribution in [2.24, 2.45) is 0 Å². The van der Waals surface area contributed by atoms with Crippen molar-refractivity contribution in [1.29, 1.82) is 0 Å². The third-order valence-electron chi connectivity index (χ3n) is 6.80. The molecule has 0 spiro atoms. The Kier molecular flexibility index (Phi) is 5.65. The van der Waals surface area contributed by atoms with E-state index in [0.29, 0.717) is 0 Å². The molecule has 0 N–H and O–H groups in total. The molecule has 7 rings (SSSR count). The van der Waals surface area contributed by atoms with Crippen molar-refractivity contribution in [1.82, 2.24) is 14.5 Å². The highest BCUT2D eigenvalue weighted by Crippen LogP contribution is 2.34. The first kappa shape index (κ1) is 22.4. The molecule has 0 saturated heterocycles. The maximum absolute atomic E-state index is 4.61. The van der Waals surface area contributed by atoms with Crippen molar-refractivity contribution < 1.29 is 0 Å². The van der Waals surface area contributed by atoms with Crippen LogP contribution >= 0.6 is 11.3 Å². The maximum atomic E-state index is 4.61. The van der Waals surface area contributed by atoms with Gasteiger partial charge in [0.1, 0.15) is 6.33 Å². The summed E-state index contributed by atoms with van der Waals surface area (Å²) in [7, 11) is 0. The first-order chi connectivity index (χ1) is 18.8. The summed E-state index contributed by atoms with van der Waals surface area (Å²) < 4.78 is 2.33. The van der Waals surface area contributed by atoms with E-state index in [9.17, 15) is 0 Å². The van der Waals surface area contributed by atoms with E-state index in [1.165, 1.54) is 37.8 Å². The van der Waals surface area contributed by atoms with Crippen molar-refractivity contribution in [3.63, 3.8) is 0 Å². The maximum Gasteiger partial charge on any atom is 0.116 e. The van der Waals surface area contributed by atoms with Gasteiger partial charge >= 0.3 is 0 Å². The Morgan fingerprint density at radius 3 is 2.24 bits per heavy atom. The van der Waals surface area contributed by atoms with Crippen LogP contribution in [0.15, 0.2) is 127 Å². The van der Waals surface area contributed by atoms with E-state index >= 15 is 0 Å². The van der Waals surface area contributed by atoms with Gasteiger partial charge in [0, 0.05) is 26.9 Å². The molecule has 0 aliphatic rings. The number of nitrogens with zero attached hydrogens (tertiary/aromatic N) is 3. The Bertz CT molecular complexity index is 1910. The molecule has 4 heteroatoms. The van der Waals surface area contributed by atoms with Crippen LogP contribution in [0.1, 0.15) is 11.3 Å². The van der Waals surface area contributed by atoms with Crippen molar-refractivity contribution in [3.8, 4) is 27.4 Å². The zero-order chi connectivity index (χ0) is 25.3. The van der Waals surface area contributed by atoms with Crippen LogP contribution in [0.4, 0.5) is 0 Å². The second kappa shape index (κ2) is 9.58. The second-order valence-electron chi connectivity index (χ2n) is 9.19. The Morgan fingerprint density at radius 1 is 0.605 bits per heavy atom. The minimum Gasteiger partial charge on any atom is -0.309 e. The van der Waals surface area contributed by atoms with Gasteiger partial charge in [-0.2, -0.15) is 0 Å². The van der Waals surface area contributed by atoms with E-state index in [0.717, 1.165) is 22.6 Å². The smallest absolute Gasteiger partial charge is 0.116 e. The third-order valence-corrected chi connectivity index (χ3v) is 7.79. The number of thiophene rings is 1. The molecule has 38 heavy (non-hydrogen) atoms. The van der Waals surface area contributed by atoms with Crippen LogP contribution < -0.4 is 0 Å². The molecule has 0 saturated carbocycles. The summed E-state index contributed by atoms with van der Waals surface area (Å²) in [6.45, 7) is 0. The Hall–Kier alpha value is -4.80. The first-order valence-electron chi connectivity index (χ1n) is 12.6. The van der Waals surface area contributed by atoms with Crippen LogP contribution in [0.25, 0.3) is 61.3 Å². The molecule has 0 unspecified atom stereocenters. The molecule has 3 nitrogen and oxygen atoms in total. The van der Waals surface area contributed by atoms with E-state index < -0.39 is 0 Å². The standard InChI is InChI=1S/C34H23N3S/c1-3-9-25(10-4-1)34-19-24(22-38-34)15-17-27-21-31(36-23-35-27)26-16-18-33-30(20-26)29-13-7-8-14-32(29)37(33)28-11-5-2-6-12-28/h1-23H/b17-15-. The Morgan fingerprint density at radius 2 is 1.37 bits per heavy atom. The van der Waals surface area contributed by atoms with E-state index in [4.69, 9.17) is 0 Å². The molecule has 4 aromatic carbocycles. The van der Waals surface area contributed by atoms with Gasteiger partial charge in [-0.3, -0.25) is 0 Å². The van der Waals surface area contributed by atoms with Gasteiger partial charge in [0.2, 0.25) is 0 Å². The summed E-state index contributed by atoms with van der Waals surface area (Å²) in [4.78, 5) is 10.4. The number of hydrogen-bond acceptors (Lipinski definition) is 3. The third kappa shape index (κ3) is 4.11. The minimum absolute atomic E-state index is 0.884. The molecule has 0 fully saturated rings. The van der Waals surface area contributed by atoms with Gasteiger partial charge in [-0.1, -0.05) is 78.9 Å². The van der Waals surface area contributed by atoms with Gasteiger partial charge in [0.05, 0.1) is 22.4 Å². The number of fused-ring (bicyclic) bond motifs is 3. The van der Waals surface area contributed by atoms with Gasteiger partial charge < -0.3 is 4.57 Å². The predicted molar refractivity (Wildman–Crippen MR) is 160 cm³/mol. The molecule has 0 aliphatic heterocycles. The van der Waals surface area contributed by atoms with Crippen LogP contribution in [-0.4, -0.2) is 14.5 Å². The highest BCUT2D eigenvalue weighted by molar-refractivity contribution is 7.13. The molecule has 0 aliphatic carbocycles. The monoisotopic (exact) mass is 505 g/mol. The van der Waals surface area contributed by atoms with Crippen molar-refractivity contribution >= 4 is 45.3 Å². The lowest BCUT2D eigenvalue weighted by Crippen LogP contribution is -1.93. The fourth-order valence-corrected chi connectivity index (χ4v) is 5.87. The average molecular weight is 506 g/mol. The van der Waals surface area contributed by atoms with Gasteiger partial charge in [-0.25, -0.2) is 9.97 Å². The quantitative estimate of drug-likeness (QED) is 0.233. The number of rotatable bonds is 5. The molecular formula is C34H23N3S. The summed E-state index contributed by atoms with van der Waals surface area (Å²) in [6.07, 6.45) is 5.82. The summed E-state index contributed by atoms with van der Waals surface area (Å²) in [6, 6.07) is 40.5. The minimum atomic E-state index is 0.884. The summed E-state index contributed by atoms with van der Waals surface area (Å²) in [5, 5.41) is 4.62. The molecule has 0 bridgehead atoms. The average Bonchev–Trinajstić information content (AvgIpc) is 3.60. The van der Waals surface area contributed by atoms with E-state index in [-0.39, 0.29) is 0 Å². The first-order valence-corrected chi connectivity index (χ1v) is 13.4. The van der Waals surface area contributed by atoms with E-state index in [2.05, 4.69) is 141 Å². The highest BCUT2D eigenvalue weighted by atomic mass is 32.1. The van der Waals surface area contributed by atoms with E-state index in [1.54, 1.807) is 17.7 Å². The van der Waals surface area contributed by atoms with Crippen molar-refractivity contribution in [2.75, 3.05) is 0 Å². The number of benzene rings is 4. The summed E-state index contributed by atoms with van der Waals surface area (Å²) in [5.41, 5.74) is 8.82. The Balaban J connectivity index is 1.24. The van der Waals surface area contributed by atoms with Gasteiger partial charge in [0.25, 0.3) is 0 Å². The molecule has 3 heterocycles. The van der Waals surface area contributed by atoms with Crippen molar-refractivity contribution in [2.45, 2.75) is 0 Å². The molecule has 180 valence electrons. The fraction of sp³-hybridized carbons (Fsp3) is 0. The highest BCUT2D eigenvalue weighted by Gasteiger charge is 2.13. The van der Waals surface area contributed by atoms with Gasteiger partial charge in [0.15, 0.2) is 0 Å². The topological polar surface area (TPSA) is 30.7 Å². The summed E-state index contributed by atoms with van der Waals surface area (Å²) in [5.74, 6) is 0. The van der Waals surface area contributed by atoms with Gasteiger partial charge in [-0.05, 0) is 65.0 Å². The predicted octanol–water partition coefficient (Wildman–Crippen LogP) is 9.14. The van der Waals surface area contributed by atoms with Crippen LogP contribution in [-0.2, 0) is 0 Å². The molecule has 0 amide bonds. The van der Waals surface area contributed by atoms with Crippen LogP contribution in [0.2, 0.25) is 0 Å². The van der Waals surface area contributed by atoms with Gasteiger partial charge in [-0.15, -0.1) is 11.3 Å². The molecule has 0 radical (unpaired) electrons. The lowest BCUT2D eigenvalue weighted by molar-refractivity contribution is 1.16. The SMILES string of the molecule is C(=C/c1cc(-c2ccc3c(c2)c2ccccc2n3-c2ccccc2)ncn1)/c1csc(-c2ccccc2)c1. The zero-order valence-corrected chi connectivity index (χ0v) is 21.3. The van der Waals surface area contributed by atoms with E-state index in [1.807, 2.05) is 6.07 Å². The van der Waals surface area contributed by atoms with Crippen molar-refractivity contribution in [3.05, 3.63) is 138 Å². The zero-order valence-electron chi connectivity index (χ0n) is 20.5. The number of aromatic nitrogens is 3. The summed E-state index contributed by atoms with van der Waals surface area (Å²) >= 11 is 1.75.